The van der Waals surface area contributed by atoms with Crippen LogP contribution < -0.4 is 5.32 Å². The van der Waals surface area contributed by atoms with Crippen molar-refractivity contribution >= 4 is 34.2 Å². The first-order valence-corrected chi connectivity index (χ1v) is 5.22. The van der Waals surface area contributed by atoms with Gasteiger partial charge in [0.2, 0.25) is 5.91 Å². The third-order valence-electron chi connectivity index (χ3n) is 2.02. The van der Waals surface area contributed by atoms with Crippen LogP contribution in [-0.4, -0.2) is 16.7 Å². The Morgan fingerprint density at radius 1 is 1.50 bits per heavy atom. The minimum atomic E-state index is -0.494. The zero-order chi connectivity index (χ0) is 11.7. The molecule has 1 fully saturated rings. The van der Waals surface area contributed by atoms with Crippen molar-refractivity contribution in [2.45, 2.75) is 6.42 Å². The first kappa shape index (κ1) is 10.5. The second-order valence-electron chi connectivity index (χ2n) is 3.20. The van der Waals surface area contributed by atoms with E-state index in [1.165, 1.54) is 12.1 Å². The third kappa shape index (κ3) is 1.98. The predicted molar refractivity (Wildman–Crippen MR) is 56.7 cm³/mol. The molecule has 0 aromatic carbocycles. The van der Waals surface area contributed by atoms with Crippen LogP contribution in [-0.2, 0) is 9.59 Å². The summed E-state index contributed by atoms with van der Waals surface area (Å²) < 4.78 is 0. The summed E-state index contributed by atoms with van der Waals surface area (Å²) in [5.74, 6) is -0.778. The topological polar surface area (TPSA) is 89.3 Å². The molecule has 16 heavy (non-hydrogen) atoms. The molecular formula is C9H6N2O4S. The van der Waals surface area contributed by atoms with Gasteiger partial charge in [-0.05, 0) is 11.6 Å². The summed E-state index contributed by atoms with van der Waals surface area (Å²) in [7, 11) is 0. The van der Waals surface area contributed by atoms with Crippen LogP contribution in [0.1, 0.15) is 12.0 Å². The minimum Gasteiger partial charge on any atom is -0.292 e. The van der Waals surface area contributed by atoms with E-state index in [9.17, 15) is 19.7 Å². The summed E-state index contributed by atoms with van der Waals surface area (Å²) in [6.45, 7) is 0. The van der Waals surface area contributed by atoms with Gasteiger partial charge >= 0.3 is 5.00 Å². The fraction of sp³-hybridized carbons (Fsp3) is 0.111. The van der Waals surface area contributed by atoms with Gasteiger partial charge in [-0.2, -0.15) is 0 Å². The fourth-order valence-electron chi connectivity index (χ4n) is 1.33. The molecule has 0 aliphatic carbocycles. The van der Waals surface area contributed by atoms with Gasteiger partial charge in [0, 0.05) is 17.0 Å². The zero-order valence-corrected chi connectivity index (χ0v) is 8.74. The molecule has 1 aromatic heterocycles. The molecule has 0 atom stereocenters. The highest BCUT2D eigenvalue weighted by molar-refractivity contribution is 7.13. The average molecular weight is 238 g/mol. The van der Waals surface area contributed by atoms with Gasteiger partial charge in [-0.15, -0.1) is 0 Å². The van der Waals surface area contributed by atoms with Crippen molar-refractivity contribution in [1.82, 2.24) is 5.32 Å². The maximum absolute atomic E-state index is 11.2. The Bertz CT molecular complexity index is 517. The molecule has 0 unspecified atom stereocenters. The lowest BCUT2D eigenvalue weighted by Crippen LogP contribution is -2.19. The Morgan fingerprint density at radius 2 is 2.25 bits per heavy atom. The molecule has 1 aromatic rings. The Balaban J connectivity index is 2.26. The maximum Gasteiger partial charge on any atom is 0.324 e. The van der Waals surface area contributed by atoms with Gasteiger partial charge in [-0.3, -0.25) is 25.0 Å². The molecule has 2 heterocycles. The lowest BCUT2D eigenvalue weighted by molar-refractivity contribution is -0.380. The molecule has 1 N–H and O–H groups in total. The van der Waals surface area contributed by atoms with Gasteiger partial charge in [0.05, 0.1) is 11.3 Å². The Kier molecular flexibility index (Phi) is 2.53. The third-order valence-corrected chi connectivity index (χ3v) is 2.92. The first-order chi connectivity index (χ1) is 7.56. The van der Waals surface area contributed by atoms with E-state index >= 15 is 0 Å². The van der Waals surface area contributed by atoms with Crippen molar-refractivity contribution in [1.29, 1.82) is 0 Å². The van der Waals surface area contributed by atoms with E-state index in [2.05, 4.69) is 5.32 Å². The number of nitrogens with zero attached hydrogens (tertiary/aromatic N) is 1. The number of carbonyl (C=O) groups is 2. The number of nitrogens with one attached hydrogen (secondary N) is 1. The summed E-state index contributed by atoms with van der Waals surface area (Å²) in [4.78, 5) is 32.0. The molecule has 2 rings (SSSR count). The van der Waals surface area contributed by atoms with Crippen molar-refractivity contribution in [2.75, 3.05) is 0 Å². The van der Waals surface area contributed by atoms with Gasteiger partial charge in [0.1, 0.15) is 0 Å². The number of imide groups is 1. The van der Waals surface area contributed by atoms with Crippen LogP contribution in [0.3, 0.4) is 0 Å². The van der Waals surface area contributed by atoms with Crippen LogP contribution in [0.25, 0.3) is 6.08 Å². The van der Waals surface area contributed by atoms with Crippen LogP contribution in [0, 0.1) is 10.1 Å². The van der Waals surface area contributed by atoms with Crippen molar-refractivity contribution in [3.05, 3.63) is 32.7 Å². The average Bonchev–Trinajstić information content (AvgIpc) is 2.75. The van der Waals surface area contributed by atoms with E-state index < -0.39 is 10.8 Å². The van der Waals surface area contributed by atoms with Crippen molar-refractivity contribution in [2.24, 2.45) is 0 Å². The highest BCUT2D eigenvalue weighted by Crippen LogP contribution is 2.25. The Hall–Kier alpha value is -2.02. The molecule has 1 aliphatic heterocycles. The highest BCUT2D eigenvalue weighted by atomic mass is 32.1. The number of thiophene rings is 1. The quantitative estimate of drug-likeness (QED) is 0.361. The van der Waals surface area contributed by atoms with E-state index in [4.69, 9.17) is 0 Å². The minimum absolute atomic E-state index is 0.0107. The largest absolute Gasteiger partial charge is 0.324 e. The molecule has 6 nitrogen and oxygen atoms in total. The van der Waals surface area contributed by atoms with E-state index in [1.54, 1.807) is 5.38 Å². The van der Waals surface area contributed by atoms with Crippen LogP contribution in [0.2, 0.25) is 0 Å². The second kappa shape index (κ2) is 3.86. The number of amides is 2. The molecular weight excluding hydrogens is 232 g/mol. The number of carbonyl (C=O) groups excluding carboxylic acids is 2. The molecule has 0 radical (unpaired) electrons. The molecule has 0 bridgehead atoms. The summed E-state index contributed by atoms with van der Waals surface area (Å²) in [6, 6.07) is 1.37. The van der Waals surface area contributed by atoms with E-state index in [0.717, 1.165) is 11.3 Å². The standard InChI is InChI=1S/C9H6N2O4S/c12-7-3-6(9(13)10-7)1-5-2-8(11(14)15)16-4-5/h1-2,4H,3H2,(H,10,12,13). The normalized spacial score (nSPS) is 17.9. The molecule has 0 spiro atoms. The lowest BCUT2D eigenvalue weighted by atomic mass is 10.1. The summed E-state index contributed by atoms with van der Waals surface area (Å²) in [5.41, 5.74) is 0.897. The lowest BCUT2D eigenvalue weighted by Gasteiger charge is -1.88. The smallest absolute Gasteiger partial charge is 0.292 e. The SMILES string of the molecule is O=C1CC(=Cc2csc([N+](=O)[O-])c2)C(=O)N1. The van der Waals surface area contributed by atoms with E-state index in [1.807, 2.05) is 0 Å². The first-order valence-electron chi connectivity index (χ1n) is 4.34. The van der Waals surface area contributed by atoms with Crippen molar-refractivity contribution < 1.29 is 14.5 Å². The molecule has 0 saturated carbocycles. The maximum atomic E-state index is 11.2. The zero-order valence-electron chi connectivity index (χ0n) is 7.93. The predicted octanol–water partition coefficient (Wildman–Crippen LogP) is 1.09. The second-order valence-corrected chi connectivity index (χ2v) is 4.09. The van der Waals surface area contributed by atoms with E-state index in [0.29, 0.717) is 11.1 Å². The van der Waals surface area contributed by atoms with Crippen LogP contribution in [0.5, 0.6) is 0 Å². The van der Waals surface area contributed by atoms with Crippen molar-refractivity contribution in [3.8, 4) is 0 Å². The molecule has 1 saturated heterocycles. The Labute approximate surface area is 93.7 Å². The van der Waals surface area contributed by atoms with Gasteiger partial charge in [0.15, 0.2) is 0 Å². The monoisotopic (exact) mass is 238 g/mol. The molecule has 2 amide bonds. The number of hydrogen-bond acceptors (Lipinski definition) is 5. The van der Waals surface area contributed by atoms with Crippen LogP contribution in [0.4, 0.5) is 5.00 Å². The van der Waals surface area contributed by atoms with Crippen LogP contribution >= 0.6 is 11.3 Å². The van der Waals surface area contributed by atoms with Gasteiger partial charge in [0.25, 0.3) is 5.91 Å². The summed E-state index contributed by atoms with van der Waals surface area (Å²) in [5, 5.41) is 14.2. The summed E-state index contributed by atoms with van der Waals surface area (Å²) >= 11 is 0.983. The fourth-order valence-corrected chi connectivity index (χ4v) is 2.02. The van der Waals surface area contributed by atoms with Gasteiger partial charge < -0.3 is 0 Å². The van der Waals surface area contributed by atoms with Gasteiger partial charge in [-0.1, -0.05) is 11.3 Å². The number of hydrogen-bond donors (Lipinski definition) is 1. The molecule has 82 valence electrons. The number of rotatable bonds is 2. The van der Waals surface area contributed by atoms with Crippen LogP contribution in [0.15, 0.2) is 17.0 Å². The summed E-state index contributed by atoms with van der Waals surface area (Å²) in [6.07, 6.45) is 1.52. The highest BCUT2D eigenvalue weighted by Gasteiger charge is 2.23. The van der Waals surface area contributed by atoms with E-state index in [-0.39, 0.29) is 17.3 Å². The molecule has 7 heteroatoms. The Morgan fingerprint density at radius 3 is 2.75 bits per heavy atom. The van der Waals surface area contributed by atoms with Gasteiger partial charge in [-0.25, -0.2) is 0 Å². The molecule has 1 aliphatic rings. The van der Waals surface area contributed by atoms with Crippen molar-refractivity contribution in [3.63, 3.8) is 0 Å². The number of nitro groups is 1.